The van der Waals surface area contributed by atoms with Crippen molar-refractivity contribution < 1.29 is 56.7 Å². The third-order valence-electron chi connectivity index (χ3n) is 25.1. The van der Waals surface area contributed by atoms with Crippen molar-refractivity contribution in [1.82, 2.24) is 0 Å². The maximum Gasteiger partial charge on any atom is 0.494 e. The third kappa shape index (κ3) is 23.0. The molecule has 0 spiro atoms. The van der Waals surface area contributed by atoms with Crippen molar-refractivity contribution in [2.75, 3.05) is 116 Å². The van der Waals surface area contributed by atoms with Gasteiger partial charge >= 0.3 is 38.1 Å². The van der Waals surface area contributed by atoms with Crippen molar-refractivity contribution in [3.63, 3.8) is 0 Å². The Balaban J connectivity index is 0.000000146. The highest BCUT2D eigenvalue weighted by Gasteiger charge is 2.52. The van der Waals surface area contributed by atoms with Crippen LogP contribution in [0.25, 0.3) is 56.0 Å². The SMILES string of the molecule is CN1CCC(C)(C)c2cc(B3OC(C)(C)C(C)(C)O3)ccc21.CN1CCC(C)(C)c2cc(B3OCC(C)(C)CO3)ccc21.COC(=O)/C=C/c1ccc(-c2ccc3c(c2)C(C)(C)CCN3C)cc1.COC(=O)/C=C/c1ccc(Br)cc1.COC(=O)c1ccc2cc(-c3ccc4c(c3)C(C)(C)CCN4C)ccc2c1.COC(=O)c1ccc2cc(Br)ccc2c1. The van der Waals surface area contributed by atoms with Gasteiger partial charge in [-0.05, 0) is 266 Å². The molecule has 6 heterocycles. The van der Waals surface area contributed by atoms with Crippen molar-refractivity contribution >= 4 is 137 Å². The molecule has 0 saturated carbocycles. The minimum Gasteiger partial charge on any atom is -0.466 e. The summed E-state index contributed by atoms with van der Waals surface area (Å²) in [5, 5.41) is 4.28. The van der Waals surface area contributed by atoms with E-state index in [0.29, 0.717) is 11.1 Å². The zero-order valence-corrected chi connectivity index (χ0v) is 79.1. The Morgan fingerprint density at radius 2 is 0.667 bits per heavy atom. The first-order valence-electron chi connectivity index (χ1n) is 42.3. The number of esters is 4. The van der Waals surface area contributed by atoms with Crippen LogP contribution in [0.3, 0.4) is 0 Å². The largest absolute Gasteiger partial charge is 0.494 e. The summed E-state index contributed by atoms with van der Waals surface area (Å²) in [6.45, 7) is 37.3. The second-order valence-electron chi connectivity index (χ2n) is 37.3. The summed E-state index contributed by atoms with van der Waals surface area (Å²) >= 11 is 6.73. The van der Waals surface area contributed by atoms with Crippen molar-refractivity contribution in [3.8, 4) is 22.3 Å². The lowest BCUT2D eigenvalue weighted by Crippen LogP contribution is -2.48. The monoisotopic (exact) mass is 1790 g/mol. The Hall–Kier alpha value is -9.79. The number of carbonyl (C=O) groups excluding carboxylic acids is 4. The topological polar surface area (TPSA) is 155 Å². The van der Waals surface area contributed by atoms with Gasteiger partial charge in [-0.3, -0.25) is 0 Å². The van der Waals surface area contributed by atoms with Crippen LogP contribution in [0.5, 0.6) is 0 Å². The van der Waals surface area contributed by atoms with Crippen LogP contribution in [-0.4, -0.2) is 145 Å². The van der Waals surface area contributed by atoms with Gasteiger partial charge in [0.25, 0.3) is 0 Å². The number of rotatable bonds is 10. The fraction of sp³-hybridized carbons (Fsp3) is 0.379. The van der Waals surface area contributed by atoms with E-state index < -0.39 is 0 Å². The molecule has 0 radical (unpaired) electrons. The predicted octanol–water partition coefficient (Wildman–Crippen LogP) is 21.8. The summed E-state index contributed by atoms with van der Waals surface area (Å²) in [5.74, 6) is -1.30. The van der Waals surface area contributed by atoms with Gasteiger partial charge in [-0.15, -0.1) is 0 Å². The first-order chi connectivity index (χ1) is 58.0. The molecule has 646 valence electrons. The van der Waals surface area contributed by atoms with Crippen LogP contribution >= 0.6 is 31.9 Å². The molecule has 20 heteroatoms. The number of benzene rings is 10. The van der Waals surface area contributed by atoms with Gasteiger partial charge in [0.15, 0.2) is 0 Å². The molecule has 6 aliphatic heterocycles. The molecule has 0 aliphatic carbocycles. The van der Waals surface area contributed by atoms with Crippen molar-refractivity contribution in [3.05, 3.63) is 260 Å². The van der Waals surface area contributed by atoms with E-state index in [1.165, 1.54) is 121 Å². The Morgan fingerprint density at radius 1 is 0.350 bits per heavy atom. The number of hydrogen-bond donors (Lipinski definition) is 0. The molecule has 2 fully saturated rings. The summed E-state index contributed by atoms with van der Waals surface area (Å²) in [7, 11) is 13.7. The van der Waals surface area contributed by atoms with E-state index in [9.17, 15) is 19.2 Å². The Morgan fingerprint density at radius 3 is 1.07 bits per heavy atom. The molecule has 0 N–H and O–H groups in total. The van der Waals surface area contributed by atoms with Crippen LogP contribution in [0, 0.1) is 5.41 Å². The van der Waals surface area contributed by atoms with Crippen molar-refractivity contribution in [1.29, 1.82) is 0 Å². The maximum atomic E-state index is 11.7. The number of methoxy groups -OCH3 is 4. The highest BCUT2D eigenvalue weighted by atomic mass is 79.9. The molecule has 0 amide bonds. The molecule has 10 aromatic rings. The van der Waals surface area contributed by atoms with Crippen LogP contribution < -0.4 is 30.5 Å². The molecule has 0 atom stereocenters. The van der Waals surface area contributed by atoms with Gasteiger partial charge in [0.05, 0.1) is 50.8 Å². The van der Waals surface area contributed by atoms with E-state index in [1.54, 1.807) is 18.2 Å². The van der Waals surface area contributed by atoms with Crippen LogP contribution in [0.4, 0.5) is 22.7 Å². The lowest BCUT2D eigenvalue weighted by Gasteiger charge is -2.39. The van der Waals surface area contributed by atoms with Crippen LogP contribution in [-0.2, 0) is 68.8 Å². The first-order valence-corrected chi connectivity index (χ1v) is 43.9. The average Bonchev–Trinajstić information content (AvgIpc) is 1.77. The maximum absolute atomic E-state index is 11.7. The standard InChI is InChI=1S/C24H25NO2.C22H25NO2.C18H28BNO2.C17H26BNO2.C12H9BrO2.C10H9BrO2/c1-24(2)11-12-25(3)22-10-9-19(15-21(22)24)17-5-6-18-14-20(23(26)27-4)8-7-16(18)13-17;1-22(2)13-14-23(3)20-11-10-18(15-19(20)22)17-8-5-16(6-9-17)7-12-21(24)25-4;1-16(2)10-11-20(7)15-9-8-13(12-14(15)16)19-21-17(3,4)18(5,6)22-19;1-16(2)11-20-18(21-12-16)13-6-7-15-14(10-13)17(3,4)8-9-19(15)5;1-15-12(14)10-3-2-9-7-11(13)5-4-8(9)6-10;1-13-10(12)7-4-8-2-5-9(11)6-3-8/h5-10,13-15H,11-12H2,1-4H3;5-12,15H,13-14H2,1-4H3;8-9,12H,10-11H2,1-7H3;6-7,10H,8-9,11-12H2,1-5H3;2-7H,1H3;2-7H,1H3/b;12-7+;;;;7-4+. The van der Waals surface area contributed by atoms with Crippen LogP contribution in [0.2, 0.25) is 0 Å². The lowest BCUT2D eigenvalue weighted by atomic mass is 9.71. The molecule has 2 saturated heterocycles. The highest BCUT2D eigenvalue weighted by Crippen LogP contribution is 2.46. The van der Waals surface area contributed by atoms with Gasteiger partial charge in [0, 0.05) is 117 Å². The Labute approximate surface area is 747 Å². The summed E-state index contributed by atoms with van der Waals surface area (Å²) < 4.78 is 44.9. The van der Waals surface area contributed by atoms with E-state index in [1.807, 2.05) is 84.9 Å². The van der Waals surface area contributed by atoms with Crippen molar-refractivity contribution in [2.45, 2.75) is 155 Å². The lowest BCUT2D eigenvalue weighted by molar-refractivity contribution is -0.135. The molecule has 0 unspecified atom stereocenters. The zero-order valence-electron chi connectivity index (χ0n) is 76.0. The molecule has 6 aliphatic rings. The number of hydrogen-bond acceptors (Lipinski definition) is 16. The Kier molecular flexibility index (Phi) is 29.9. The number of ether oxygens (including phenoxy) is 4. The first kappa shape index (κ1) is 93.9. The van der Waals surface area contributed by atoms with E-state index in [2.05, 4.69) is 294 Å². The van der Waals surface area contributed by atoms with E-state index in [4.69, 9.17) is 23.4 Å². The number of halogens is 2. The number of fused-ring (bicyclic) bond motifs is 6. The molecule has 16 rings (SSSR count). The molecule has 10 aromatic carbocycles. The van der Waals surface area contributed by atoms with Crippen LogP contribution in [0.15, 0.2) is 215 Å². The van der Waals surface area contributed by atoms with Gasteiger partial charge in [-0.25, -0.2) is 19.2 Å². The summed E-state index contributed by atoms with van der Waals surface area (Å²) in [5.41, 5.74) is 21.5. The van der Waals surface area contributed by atoms with Crippen LogP contribution in [0.1, 0.15) is 177 Å². The summed E-state index contributed by atoms with van der Waals surface area (Å²) in [4.78, 5) is 54.3. The normalized spacial score (nSPS) is 17.6. The average molecular weight is 1790 g/mol. The zero-order chi connectivity index (χ0) is 89.3. The second kappa shape index (κ2) is 39.2. The third-order valence-corrected chi connectivity index (χ3v) is 26.1. The Bertz CT molecular complexity index is 5500. The fourth-order valence-corrected chi connectivity index (χ4v) is 16.6. The van der Waals surface area contributed by atoms with Crippen molar-refractivity contribution in [2.24, 2.45) is 5.41 Å². The molecular weight excluding hydrogens is 1670 g/mol. The van der Waals surface area contributed by atoms with Gasteiger partial charge in [0.2, 0.25) is 0 Å². The quantitative estimate of drug-likeness (QED) is 0.0551. The molecule has 123 heavy (non-hydrogen) atoms. The van der Waals surface area contributed by atoms with Gasteiger partial charge in [-0.1, -0.05) is 204 Å². The van der Waals surface area contributed by atoms with E-state index >= 15 is 0 Å². The number of nitrogens with zero attached hydrogens (tertiary/aromatic N) is 4. The summed E-state index contributed by atoms with van der Waals surface area (Å²) in [6.07, 6.45) is 11.0. The number of anilines is 4. The highest BCUT2D eigenvalue weighted by molar-refractivity contribution is 9.10. The fourth-order valence-electron chi connectivity index (χ4n) is 16.0. The van der Waals surface area contributed by atoms with Gasteiger partial charge in [-0.2, -0.15) is 0 Å². The van der Waals surface area contributed by atoms with Gasteiger partial charge < -0.3 is 57.2 Å². The summed E-state index contributed by atoms with van der Waals surface area (Å²) in [6, 6.07) is 66.2. The smallest absolute Gasteiger partial charge is 0.466 e. The van der Waals surface area contributed by atoms with E-state index in [0.717, 1.165) is 105 Å². The molecule has 0 bridgehead atoms. The predicted molar refractivity (Wildman–Crippen MR) is 515 cm³/mol. The molecule has 0 aromatic heterocycles. The minimum absolute atomic E-state index is 0.115. The second-order valence-corrected chi connectivity index (χ2v) is 39.1. The molecule has 16 nitrogen and oxygen atoms in total. The number of carbonyl (C=O) groups is 4. The minimum atomic E-state index is -0.345. The van der Waals surface area contributed by atoms with E-state index in [-0.39, 0.29) is 76.4 Å². The molecular formula is C103H122B2Br2N4O12. The van der Waals surface area contributed by atoms with Gasteiger partial charge in [0.1, 0.15) is 0 Å².